The normalized spacial score (nSPS) is 11.4. The molecule has 2 aromatic rings. The molecule has 0 heterocycles. The minimum absolute atomic E-state index is 0.591. The Morgan fingerprint density at radius 2 is 1.53 bits per heavy atom. The zero-order chi connectivity index (χ0) is 13.8. The monoisotopic (exact) mass is 250 g/mol. The summed E-state index contributed by atoms with van der Waals surface area (Å²) in [6.45, 7) is 8.68. The molecule has 0 nitrogen and oxygen atoms in total. The lowest BCUT2D eigenvalue weighted by atomic mass is 9.96. The summed E-state index contributed by atoms with van der Waals surface area (Å²) in [6.07, 6.45) is 4.24. The number of rotatable bonds is 3. The predicted octanol–water partition coefficient (Wildman–Crippen LogP) is 5.82. The first-order valence-corrected chi connectivity index (χ1v) is 6.95. The molecule has 2 aromatic carbocycles. The molecule has 0 aliphatic heterocycles. The highest BCUT2D eigenvalue weighted by Gasteiger charge is 2.02. The van der Waals surface area contributed by atoms with Gasteiger partial charge in [0, 0.05) is 0 Å². The molecule has 0 aromatic heterocycles. The second kappa shape index (κ2) is 5.88. The van der Waals surface area contributed by atoms with Crippen LogP contribution in [0.1, 0.15) is 43.4 Å². The van der Waals surface area contributed by atoms with E-state index in [9.17, 15) is 0 Å². The van der Waals surface area contributed by atoms with Gasteiger partial charge < -0.3 is 0 Å². The van der Waals surface area contributed by atoms with Crippen LogP contribution >= 0.6 is 0 Å². The first kappa shape index (κ1) is 13.6. The second-order valence-electron chi connectivity index (χ2n) is 5.35. The van der Waals surface area contributed by atoms with Crippen LogP contribution in [0.5, 0.6) is 0 Å². The van der Waals surface area contributed by atoms with Crippen LogP contribution in [0.2, 0.25) is 0 Å². The van der Waals surface area contributed by atoms with E-state index in [0.717, 1.165) is 0 Å². The highest BCUT2D eigenvalue weighted by molar-refractivity contribution is 5.68. The van der Waals surface area contributed by atoms with Crippen molar-refractivity contribution in [3.63, 3.8) is 0 Å². The zero-order valence-corrected chi connectivity index (χ0v) is 12.3. The highest BCUT2D eigenvalue weighted by atomic mass is 14.1. The van der Waals surface area contributed by atoms with Gasteiger partial charge in [0.05, 0.1) is 0 Å². The molecule has 2 rings (SSSR count). The molecular weight excluding hydrogens is 228 g/mol. The quantitative estimate of drug-likeness (QED) is 0.644. The molecule has 98 valence electrons. The number of aryl methyl sites for hydroxylation is 1. The van der Waals surface area contributed by atoms with Gasteiger partial charge in [-0.25, -0.2) is 0 Å². The number of hydrogen-bond acceptors (Lipinski definition) is 0. The molecule has 0 fully saturated rings. The van der Waals surface area contributed by atoms with Gasteiger partial charge in [-0.2, -0.15) is 0 Å². The molecule has 0 N–H and O–H groups in total. The van der Waals surface area contributed by atoms with Gasteiger partial charge in [0.1, 0.15) is 0 Å². The largest absolute Gasteiger partial charge is 0.0871 e. The molecule has 0 aliphatic carbocycles. The van der Waals surface area contributed by atoms with Gasteiger partial charge in [-0.1, -0.05) is 68.5 Å². The molecule has 0 saturated carbocycles. The first-order chi connectivity index (χ1) is 9.11. The Bertz CT molecular complexity index is 571. The summed E-state index contributed by atoms with van der Waals surface area (Å²) in [5.41, 5.74) is 6.60. The van der Waals surface area contributed by atoms with E-state index in [1.54, 1.807) is 0 Å². The van der Waals surface area contributed by atoms with Crippen LogP contribution in [0, 0.1) is 6.92 Å². The Labute approximate surface area is 116 Å². The van der Waals surface area contributed by atoms with Crippen LogP contribution in [0.25, 0.3) is 17.2 Å². The predicted molar refractivity (Wildman–Crippen MR) is 85.4 cm³/mol. The maximum absolute atomic E-state index is 2.26. The van der Waals surface area contributed by atoms with Crippen LogP contribution in [0.3, 0.4) is 0 Å². The van der Waals surface area contributed by atoms with Crippen LogP contribution in [-0.4, -0.2) is 0 Å². The molecular formula is C19H22. The summed E-state index contributed by atoms with van der Waals surface area (Å²) in [7, 11) is 0. The van der Waals surface area contributed by atoms with E-state index in [4.69, 9.17) is 0 Å². The van der Waals surface area contributed by atoms with Crippen molar-refractivity contribution < 1.29 is 0 Å². The van der Waals surface area contributed by atoms with Gasteiger partial charge in [-0.05, 0) is 47.6 Å². The Hall–Kier alpha value is -1.82. The minimum Gasteiger partial charge on any atom is -0.0871 e. The molecule has 0 amide bonds. The average Bonchev–Trinajstić information content (AvgIpc) is 2.41. The fraction of sp³-hybridized carbons (Fsp3) is 0.263. The minimum atomic E-state index is 0.591. The summed E-state index contributed by atoms with van der Waals surface area (Å²) in [5.74, 6) is 0.591. The third-order valence-corrected chi connectivity index (χ3v) is 3.53. The Morgan fingerprint density at radius 1 is 0.895 bits per heavy atom. The van der Waals surface area contributed by atoms with Crippen molar-refractivity contribution in [2.45, 2.75) is 33.6 Å². The zero-order valence-electron chi connectivity index (χ0n) is 12.3. The third-order valence-electron chi connectivity index (χ3n) is 3.53. The van der Waals surface area contributed by atoms with Gasteiger partial charge in [0.25, 0.3) is 0 Å². The molecule has 0 heteroatoms. The Morgan fingerprint density at radius 3 is 2.05 bits per heavy atom. The van der Waals surface area contributed by atoms with E-state index >= 15 is 0 Å². The van der Waals surface area contributed by atoms with Crippen LogP contribution in [0.15, 0.2) is 48.5 Å². The summed E-state index contributed by atoms with van der Waals surface area (Å²) >= 11 is 0. The SMILES string of the molecule is C/C=C\c1ccc(-c2ccc(C(C)C)cc2)cc1C. The molecule has 19 heavy (non-hydrogen) atoms. The molecule has 0 spiro atoms. The molecule has 0 aliphatic rings. The lowest BCUT2D eigenvalue weighted by Gasteiger charge is -2.09. The van der Waals surface area contributed by atoms with Crippen molar-refractivity contribution in [1.29, 1.82) is 0 Å². The maximum atomic E-state index is 2.26. The Kier molecular flexibility index (Phi) is 4.21. The topological polar surface area (TPSA) is 0 Å². The van der Waals surface area contributed by atoms with Crippen LogP contribution in [-0.2, 0) is 0 Å². The lowest BCUT2D eigenvalue weighted by molar-refractivity contribution is 0.867. The van der Waals surface area contributed by atoms with E-state index in [1.165, 1.54) is 27.8 Å². The first-order valence-electron chi connectivity index (χ1n) is 6.95. The van der Waals surface area contributed by atoms with Crippen LogP contribution in [0.4, 0.5) is 0 Å². The molecule has 0 unspecified atom stereocenters. The maximum Gasteiger partial charge on any atom is -0.0181 e. The number of hydrogen-bond donors (Lipinski definition) is 0. The van der Waals surface area contributed by atoms with Crippen molar-refractivity contribution in [2.75, 3.05) is 0 Å². The molecule has 0 atom stereocenters. The number of benzene rings is 2. The van der Waals surface area contributed by atoms with E-state index in [1.807, 2.05) is 0 Å². The van der Waals surface area contributed by atoms with Crippen LogP contribution < -0.4 is 0 Å². The van der Waals surface area contributed by atoms with Crippen molar-refractivity contribution in [3.05, 3.63) is 65.2 Å². The fourth-order valence-electron chi connectivity index (χ4n) is 2.28. The van der Waals surface area contributed by atoms with E-state index in [-0.39, 0.29) is 0 Å². The Balaban J connectivity index is 2.34. The summed E-state index contributed by atoms with van der Waals surface area (Å²) in [5, 5.41) is 0. The third kappa shape index (κ3) is 3.14. The second-order valence-corrected chi connectivity index (χ2v) is 5.35. The van der Waals surface area contributed by atoms with Gasteiger partial charge >= 0.3 is 0 Å². The fourth-order valence-corrected chi connectivity index (χ4v) is 2.28. The molecule has 0 bridgehead atoms. The standard InChI is InChI=1S/C19H22/c1-5-6-17-9-12-19(13-15(17)4)18-10-7-16(8-11-18)14(2)3/h5-14H,1-4H3/b6-5-. The highest BCUT2D eigenvalue weighted by Crippen LogP contribution is 2.25. The van der Waals surface area contributed by atoms with Gasteiger partial charge in [-0.3, -0.25) is 0 Å². The van der Waals surface area contributed by atoms with Gasteiger partial charge in [-0.15, -0.1) is 0 Å². The van der Waals surface area contributed by atoms with E-state index in [2.05, 4.69) is 82.3 Å². The molecule has 0 radical (unpaired) electrons. The van der Waals surface area contributed by atoms with Crippen molar-refractivity contribution in [2.24, 2.45) is 0 Å². The summed E-state index contributed by atoms with van der Waals surface area (Å²) < 4.78 is 0. The average molecular weight is 250 g/mol. The van der Waals surface area contributed by atoms with Crippen molar-refractivity contribution >= 4 is 6.08 Å². The van der Waals surface area contributed by atoms with Gasteiger partial charge in [0.15, 0.2) is 0 Å². The number of allylic oxidation sites excluding steroid dienone is 1. The smallest absolute Gasteiger partial charge is 0.0181 e. The van der Waals surface area contributed by atoms with Gasteiger partial charge in [0.2, 0.25) is 0 Å². The summed E-state index contributed by atoms with van der Waals surface area (Å²) in [6, 6.07) is 15.6. The van der Waals surface area contributed by atoms with E-state index < -0.39 is 0 Å². The summed E-state index contributed by atoms with van der Waals surface area (Å²) in [4.78, 5) is 0. The lowest BCUT2D eigenvalue weighted by Crippen LogP contribution is -1.88. The molecule has 0 saturated heterocycles. The van der Waals surface area contributed by atoms with E-state index in [0.29, 0.717) is 5.92 Å². The van der Waals surface area contributed by atoms with Crippen molar-refractivity contribution in [1.82, 2.24) is 0 Å². The van der Waals surface area contributed by atoms with Crippen molar-refractivity contribution in [3.8, 4) is 11.1 Å².